The summed E-state index contributed by atoms with van der Waals surface area (Å²) in [5.41, 5.74) is -0.0486. The molecule has 0 radical (unpaired) electrons. The number of hydrogen-bond donors (Lipinski definition) is 2. The van der Waals surface area contributed by atoms with Crippen LogP contribution in [0.2, 0.25) is 0 Å². The molecule has 1 rings (SSSR count). The zero-order chi connectivity index (χ0) is 12.9. The molecule has 100 valence electrons. The first kappa shape index (κ1) is 14.5. The minimum atomic E-state index is -0.299. The highest BCUT2D eigenvalue weighted by atomic mass is 16.5. The number of ether oxygens (including phenoxy) is 1. The number of aliphatic hydroxyl groups excluding tert-OH is 1. The fourth-order valence-corrected chi connectivity index (χ4v) is 2.06. The van der Waals surface area contributed by atoms with Crippen LogP contribution in [0.1, 0.15) is 46.5 Å². The molecule has 0 aliphatic carbocycles. The molecule has 2 unspecified atom stereocenters. The van der Waals surface area contributed by atoms with Crippen LogP contribution in [-0.4, -0.2) is 36.4 Å². The molecule has 0 aromatic heterocycles. The van der Waals surface area contributed by atoms with Gasteiger partial charge in [-0.1, -0.05) is 20.8 Å². The van der Waals surface area contributed by atoms with E-state index in [1.807, 2.05) is 0 Å². The molecule has 2 N–H and O–H groups in total. The van der Waals surface area contributed by atoms with Gasteiger partial charge in [0.05, 0.1) is 0 Å². The van der Waals surface area contributed by atoms with E-state index in [4.69, 9.17) is 9.84 Å². The molecule has 1 saturated heterocycles. The lowest BCUT2D eigenvalue weighted by atomic mass is 9.84. The summed E-state index contributed by atoms with van der Waals surface area (Å²) in [5, 5.41) is 12.0. The smallest absolute Gasteiger partial charge is 0.249 e. The van der Waals surface area contributed by atoms with Crippen LogP contribution in [0, 0.1) is 5.41 Å². The van der Waals surface area contributed by atoms with Gasteiger partial charge in [-0.25, -0.2) is 0 Å². The molecule has 0 bridgehead atoms. The van der Waals surface area contributed by atoms with Crippen LogP contribution in [-0.2, 0) is 9.53 Å². The number of aliphatic hydroxyl groups is 1. The highest BCUT2D eigenvalue weighted by Gasteiger charge is 2.29. The summed E-state index contributed by atoms with van der Waals surface area (Å²) < 4.78 is 5.46. The summed E-state index contributed by atoms with van der Waals surface area (Å²) in [6.45, 7) is 6.96. The maximum atomic E-state index is 12.0. The minimum Gasteiger partial charge on any atom is -0.396 e. The van der Waals surface area contributed by atoms with E-state index in [1.165, 1.54) is 0 Å². The van der Waals surface area contributed by atoms with Crippen LogP contribution in [0.4, 0.5) is 0 Å². The maximum Gasteiger partial charge on any atom is 0.249 e. The lowest BCUT2D eigenvalue weighted by molar-refractivity contribution is -0.137. The second-order valence-corrected chi connectivity index (χ2v) is 5.79. The third kappa shape index (κ3) is 4.64. The summed E-state index contributed by atoms with van der Waals surface area (Å²) in [5.74, 6) is -0.0296. The molecule has 1 aliphatic heterocycles. The molecule has 4 heteroatoms. The lowest BCUT2D eigenvalue weighted by Gasteiger charge is -2.33. The average molecular weight is 243 g/mol. The Morgan fingerprint density at radius 1 is 1.47 bits per heavy atom. The van der Waals surface area contributed by atoms with Gasteiger partial charge in [-0.05, 0) is 31.1 Å². The SMILES string of the molecule is CC(C)(C)C(CCO)NC(=O)C1CCCCO1. The van der Waals surface area contributed by atoms with Crippen molar-refractivity contribution < 1.29 is 14.6 Å². The van der Waals surface area contributed by atoms with Gasteiger partial charge in [0.1, 0.15) is 6.10 Å². The monoisotopic (exact) mass is 243 g/mol. The Balaban J connectivity index is 2.51. The molecule has 2 atom stereocenters. The van der Waals surface area contributed by atoms with Crippen LogP contribution >= 0.6 is 0 Å². The molecule has 1 amide bonds. The van der Waals surface area contributed by atoms with E-state index in [2.05, 4.69) is 26.1 Å². The van der Waals surface area contributed by atoms with Crippen molar-refractivity contribution in [2.75, 3.05) is 13.2 Å². The van der Waals surface area contributed by atoms with E-state index in [9.17, 15) is 4.79 Å². The highest BCUT2D eigenvalue weighted by molar-refractivity contribution is 5.81. The standard InChI is InChI=1S/C13H25NO3/c1-13(2,3)11(7-8-15)14-12(16)10-6-4-5-9-17-10/h10-11,15H,4-9H2,1-3H3,(H,14,16). The van der Waals surface area contributed by atoms with E-state index in [-0.39, 0.29) is 30.1 Å². The summed E-state index contributed by atoms with van der Waals surface area (Å²) in [4.78, 5) is 12.0. The Bertz CT molecular complexity index is 242. The first-order valence-electron chi connectivity index (χ1n) is 6.48. The third-order valence-corrected chi connectivity index (χ3v) is 3.25. The zero-order valence-electron chi connectivity index (χ0n) is 11.2. The fourth-order valence-electron chi connectivity index (χ4n) is 2.06. The first-order valence-corrected chi connectivity index (χ1v) is 6.48. The van der Waals surface area contributed by atoms with E-state index in [0.29, 0.717) is 13.0 Å². The van der Waals surface area contributed by atoms with Gasteiger partial charge in [-0.3, -0.25) is 4.79 Å². The molecule has 0 spiro atoms. The van der Waals surface area contributed by atoms with Gasteiger partial charge in [0.25, 0.3) is 0 Å². The van der Waals surface area contributed by atoms with Crippen molar-refractivity contribution in [3.05, 3.63) is 0 Å². The van der Waals surface area contributed by atoms with Crippen LogP contribution in [0.3, 0.4) is 0 Å². The molecule has 1 heterocycles. The van der Waals surface area contributed by atoms with Crippen LogP contribution < -0.4 is 5.32 Å². The van der Waals surface area contributed by atoms with Gasteiger partial charge in [0.2, 0.25) is 5.91 Å². The summed E-state index contributed by atoms with van der Waals surface area (Å²) >= 11 is 0. The first-order chi connectivity index (χ1) is 7.95. The number of nitrogens with one attached hydrogen (secondary N) is 1. The Hall–Kier alpha value is -0.610. The predicted octanol–water partition coefficient (Wildman–Crippen LogP) is 1.47. The van der Waals surface area contributed by atoms with Gasteiger partial charge < -0.3 is 15.2 Å². The summed E-state index contributed by atoms with van der Waals surface area (Å²) in [6, 6.07) is -0.00877. The lowest BCUT2D eigenvalue weighted by Crippen LogP contribution is -2.49. The molecule has 4 nitrogen and oxygen atoms in total. The van der Waals surface area contributed by atoms with E-state index in [1.54, 1.807) is 0 Å². The number of carbonyl (C=O) groups is 1. The largest absolute Gasteiger partial charge is 0.396 e. The molecule has 17 heavy (non-hydrogen) atoms. The van der Waals surface area contributed by atoms with Gasteiger partial charge >= 0.3 is 0 Å². The van der Waals surface area contributed by atoms with Crippen molar-refractivity contribution in [3.8, 4) is 0 Å². The van der Waals surface area contributed by atoms with E-state index >= 15 is 0 Å². The zero-order valence-corrected chi connectivity index (χ0v) is 11.2. The van der Waals surface area contributed by atoms with Crippen molar-refractivity contribution in [2.24, 2.45) is 5.41 Å². The minimum absolute atomic E-state index is 0.00877. The highest BCUT2D eigenvalue weighted by Crippen LogP contribution is 2.22. The van der Waals surface area contributed by atoms with Crippen molar-refractivity contribution in [3.63, 3.8) is 0 Å². The molecule has 0 saturated carbocycles. The molecule has 0 aromatic rings. The Morgan fingerprint density at radius 2 is 2.18 bits per heavy atom. The number of carbonyl (C=O) groups excluding carboxylic acids is 1. The van der Waals surface area contributed by atoms with E-state index < -0.39 is 0 Å². The van der Waals surface area contributed by atoms with E-state index in [0.717, 1.165) is 19.3 Å². The fraction of sp³-hybridized carbons (Fsp3) is 0.923. The molecular formula is C13H25NO3. The van der Waals surface area contributed by atoms with Gasteiger partial charge in [-0.2, -0.15) is 0 Å². The van der Waals surface area contributed by atoms with Crippen LogP contribution in [0.5, 0.6) is 0 Å². The average Bonchev–Trinajstić information content (AvgIpc) is 2.28. The van der Waals surface area contributed by atoms with Crippen molar-refractivity contribution in [2.45, 2.75) is 58.6 Å². The van der Waals surface area contributed by atoms with Gasteiger partial charge in [0.15, 0.2) is 0 Å². The number of rotatable bonds is 4. The number of amides is 1. The summed E-state index contributed by atoms with van der Waals surface area (Å²) in [7, 11) is 0. The quantitative estimate of drug-likeness (QED) is 0.786. The topological polar surface area (TPSA) is 58.6 Å². The number of hydrogen-bond acceptors (Lipinski definition) is 3. The van der Waals surface area contributed by atoms with Crippen molar-refractivity contribution >= 4 is 5.91 Å². The van der Waals surface area contributed by atoms with Crippen molar-refractivity contribution in [1.82, 2.24) is 5.32 Å². The predicted molar refractivity (Wildman–Crippen MR) is 66.7 cm³/mol. The molecule has 1 aliphatic rings. The van der Waals surface area contributed by atoms with Crippen molar-refractivity contribution in [1.29, 1.82) is 0 Å². The molecule has 0 aromatic carbocycles. The van der Waals surface area contributed by atoms with Gasteiger partial charge in [-0.15, -0.1) is 0 Å². The third-order valence-electron chi connectivity index (χ3n) is 3.25. The van der Waals surface area contributed by atoms with Gasteiger partial charge in [0, 0.05) is 19.3 Å². The molecule has 1 fully saturated rings. The second kappa shape index (κ2) is 6.36. The normalized spacial score (nSPS) is 23.2. The Labute approximate surface area is 104 Å². The Morgan fingerprint density at radius 3 is 2.65 bits per heavy atom. The second-order valence-electron chi connectivity index (χ2n) is 5.79. The summed E-state index contributed by atoms with van der Waals surface area (Å²) in [6.07, 6.45) is 3.19. The van der Waals surface area contributed by atoms with Crippen LogP contribution in [0.15, 0.2) is 0 Å². The Kier molecular flexibility index (Phi) is 5.40. The van der Waals surface area contributed by atoms with Crippen LogP contribution in [0.25, 0.3) is 0 Å². The molecular weight excluding hydrogens is 218 g/mol. The maximum absolute atomic E-state index is 12.0.